The first kappa shape index (κ1) is 27.1. The number of nitrogens with zero attached hydrogens (tertiary/aromatic N) is 3. The van der Waals surface area contributed by atoms with Gasteiger partial charge in [-0.25, -0.2) is 5.09 Å². The van der Waals surface area contributed by atoms with Crippen LogP contribution in [0.25, 0.3) is 0 Å². The van der Waals surface area contributed by atoms with Crippen molar-refractivity contribution in [3.63, 3.8) is 0 Å². The number of aliphatic hydroxyl groups is 1. The van der Waals surface area contributed by atoms with Gasteiger partial charge in [0.2, 0.25) is 15.0 Å². The van der Waals surface area contributed by atoms with Crippen LogP contribution in [0.2, 0.25) is 0 Å². The molecule has 0 amide bonds. The minimum absolute atomic E-state index is 0.104. The highest BCUT2D eigenvalue weighted by molar-refractivity contribution is 7.82. The van der Waals surface area contributed by atoms with Gasteiger partial charge in [-0.3, -0.25) is 20.3 Å². The lowest BCUT2D eigenvalue weighted by atomic mass is 9.55. The summed E-state index contributed by atoms with van der Waals surface area (Å²) in [7, 11) is 1.75. The second-order valence-electron chi connectivity index (χ2n) is 10.6. The third kappa shape index (κ3) is 4.31. The van der Waals surface area contributed by atoms with E-state index in [-0.39, 0.29) is 11.5 Å². The smallest absolute Gasteiger partial charge is 0.330 e. The van der Waals surface area contributed by atoms with Crippen LogP contribution in [0.4, 0.5) is 0 Å². The van der Waals surface area contributed by atoms with E-state index in [0.717, 1.165) is 31.4 Å². The Kier molecular flexibility index (Phi) is 7.44. The SMILES string of the molecule is CNP1(NC)=NP(NC)(NC)=NP(NC)(Oc2ccc3c(c2)CC[C@@H]2[C@@H]3CC[C@]3(C)[C@@H](O)CC[C@@H]23)=N1. The topological polar surface area (TPSA) is 127 Å². The normalized spacial score (nSPS) is 38.0. The van der Waals surface area contributed by atoms with Gasteiger partial charge in [0.1, 0.15) is 5.75 Å². The lowest BCUT2D eigenvalue weighted by Gasteiger charge is -2.50. The summed E-state index contributed by atoms with van der Waals surface area (Å²) < 4.78 is 21.8. The zero-order chi connectivity index (χ0) is 25.8. The summed E-state index contributed by atoms with van der Waals surface area (Å²) in [5.41, 5.74) is 2.97. The number of fused-ring (bicyclic) bond motifs is 5. The summed E-state index contributed by atoms with van der Waals surface area (Å²) in [6.07, 6.45) is 6.53. The van der Waals surface area contributed by atoms with Crippen LogP contribution in [0, 0.1) is 17.3 Å². The van der Waals surface area contributed by atoms with Crippen LogP contribution in [-0.2, 0) is 6.42 Å². The summed E-state index contributed by atoms with van der Waals surface area (Å²) in [4.78, 5) is 0. The van der Waals surface area contributed by atoms with Crippen molar-refractivity contribution >= 4 is 22.6 Å². The molecule has 3 aliphatic carbocycles. The zero-order valence-corrected chi connectivity index (χ0v) is 25.0. The molecule has 0 aromatic heterocycles. The highest BCUT2D eigenvalue weighted by atomic mass is 31.3. The molecule has 0 spiro atoms. The summed E-state index contributed by atoms with van der Waals surface area (Å²) >= 11 is 0. The minimum Gasteiger partial charge on any atom is -0.431 e. The maximum absolute atomic E-state index is 10.7. The summed E-state index contributed by atoms with van der Waals surface area (Å²) in [5.74, 6) is 2.70. The van der Waals surface area contributed by atoms with Crippen molar-refractivity contribution in [3.8, 4) is 5.75 Å². The average Bonchev–Trinajstić information content (AvgIpc) is 3.22. The molecular formula is C23H43N8O2P3. The molecule has 4 aliphatic rings. The Morgan fingerprint density at radius 2 is 1.58 bits per heavy atom. The molecule has 13 heteroatoms. The van der Waals surface area contributed by atoms with Gasteiger partial charge in [0.25, 0.3) is 0 Å². The Morgan fingerprint density at radius 1 is 0.889 bits per heavy atom. The van der Waals surface area contributed by atoms with Crippen molar-refractivity contribution < 1.29 is 9.63 Å². The molecule has 5 rings (SSSR count). The molecule has 10 nitrogen and oxygen atoms in total. The maximum atomic E-state index is 10.7. The number of rotatable bonds is 7. The fourth-order valence-electron chi connectivity index (χ4n) is 7.08. The molecule has 6 N–H and O–H groups in total. The molecule has 0 saturated heterocycles. The van der Waals surface area contributed by atoms with E-state index in [2.05, 4.69) is 50.6 Å². The van der Waals surface area contributed by atoms with Gasteiger partial charge >= 0.3 is 7.58 Å². The first-order valence-electron chi connectivity index (χ1n) is 13.1. The van der Waals surface area contributed by atoms with Gasteiger partial charge < -0.3 is 9.63 Å². The molecule has 0 bridgehead atoms. The number of hydrogen-bond acceptors (Lipinski definition) is 10. The lowest BCUT2D eigenvalue weighted by molar-refractivity contribution is -0.0226. The van der Waals surface area contributed by atoms with Crippen molar-refractivity contribution in [3.05, 3.63) is 29.3 Å². The third-order valence-corrected chi connectivity index (χ3v) is 18.8. The molecule has 202 valence electrons. The van der Waals surface area contributed by atoms with Gasteiger partial charge in [-0.15, -0.1) is 0 Å². The monoisotopic (exact) mass is 556 g/mol. The molecule has 1 aromatic carbocycles. The van der Waals surface area contributed by atoms with Gasteiger partial charge in [0.05, 0.1) is 6.10 Å². The number of nitrogens with one attached hydrogen (secondary N) is 5. The number of aryl methyl sites for hydroxylation is 1. The van der Waals surface area contributed by atoms with Crippen LogP contribution < -0.4 is 30.0 Å². The molecule has 1 unspecified atom stereocenters. The molecule has 2 fully saturated rings. The second-order valence-corrected chi connectivity index (χ2v) is 18.7. The molecule has 2 saturated carbocycles. The van der Waals surface area contributed by atoms with Crippen LogP contribution in [0.15, 0.2) is 31.7 Å². The molecule has 0 radical (unpaired) electrons. The minimum atomic E-state index is -2.77. The van der Waals surface area contributed by atoms with Crippen LogP contribution in [0.5, 0.6) is 5.75 Å². The molecule has 1 aromatic rings. The summed E-state index contributed by atoms with van der Waals surface area (Å²) in [6, 6.07) is 6.61. The van der Waals surface area contributed by atoms with Gasteiger partial charge in [-0.05, 0) is 120 Å². The fourth-order valence-corrected chi connectivity index (χ4v) is 17.6. The van der Waals surface area contributed by atoms with Gasteiger partial charge in [0, 0.05) is 0 Å². The number of hydrogen-bond donors (Lipinski definition) is 6. The predicted molar refractivity (Wildman–Crippen MR) is 151 cm³/mol. The summed E-state index contributed by atoms with van der Waals surface area (Å²) in [5, 5.41) is 27.3. The Morgan fingerprint density at radius 3 is 2.25 bits per heavy atom. The quantitative estimate of drug-likeness (QED) is 0.254. The first-order chi connectivity index (χ1) is 17.2. The summed E-state index contributed by atoms with van der Waals surface area (Å²) in [6.45, 7) is 2.33. The number of benzene rings is 1. The van der Waals surface area contributed by atoms with Crippen molar-refractivity contribution in [2.75, 3.05) is 35.2 Å². The van der Waals surface area contributed by atoms with E-state index >= 15 is 0 Å². The van der Waals surface area contributed by atoms with E-state index in [1.54, 1.807) is 0 Å². The predicted octanol–water partition coefficient (Wildman–Crippen LogP) is 5.23. The standard InChI is InChI=1S/C23H43N8O2P3/c1-23-14-13-19-18-10-8-17(15-16(18)7-9-20(19)21(23)11-12-22(23)32)33-36(28-6)30-34(24-2,25-3)29-35(26-4,27-5)31-36/h8,10,15,19-22,24-28,32H,7,9,11-14H2,1-6H3/t19-,20-,21+,22+,23+/m1/s1. The highest BCUT2D eigenvalue weighted by Gasteiger charge is 2.54. The van der Waals surface area contributed by atoms with Crippen LogP contribution in [0.3, 0.4) is 0 Å². The Labute approximate surface area is 216 Å². The van der Waals surface area contributed by atoms with E-state index in [9.17, 15) is 5.11 Å². The zero-order valence-electron chi connectivity index (χ0n) is 22.3. The van der Waals surface area contributed by atoms with E-state index < -0.39 is 22.6 Å². The molecule has 1 heterocycles. The first-order valence-corrected chi connectivity index (χ1v) is 18.1. The van der Waals surface area contributed by atoms with Crippen LogP contribution in [0.1, 0.15) is 56.1 Å². The molecule has 36 heavy (non-hydrogen) atoms. The lowest BCUT2D eigenvalue weighted by Crippen LogP contribution is -2.43. The Bertz CT molecular complexity index is 1160. The van der Waals surface area contributed by atoms with Crippen molar-refractivity contribution in [1.82, 2.24) is 25.4 Å². The van der Waals surface area contributed by atoms with Gasteiger partial charge in [-0.1, -0.05) is 13.0 Å². The van der Waals surface area contributed by atoms with Crippen molar-refractivity contribution in [2.45, 2.75) is 57.5 Å². The largest absolute Gasteiger partial charge is 0.431 e. The van der Waals surface area contributed by atoms with E-state index in [4.69, 9.17) is 18.1 Å². The second kappa shape index (κ2) is 9.89. The van der Waals surface area contributed by atoms with Gasteiger partial charge in [0.15, 0.2) is 0 Å². The average molecular weight is 557 g/mol. The number of aliphatic hydroxyl groups excluding tert-OH is 1. The van der Waals surface area contributed by atoms with E-state index in [0.29, 0.717) is 17.8 Å². The van der Waals surface area contributed by atoms with Gasteiger partial charge in [-0.2, -0.15) is 13.5 Å². The third-order valence-electron chi connectivity index (χ3n) is 9.18. The van der Waals surface area contributed by atoms with E-state index in [1.807, 2.05) is 35.2 Å². The molecular weight excluding hydrogens is 513 g/mol. The molecule has 6 atom stereocenters. The van der Waals surface area contributed by atoms with Crippen molar-refractivity contribution in [2.24, 2.45) is 30.8 Å². The molecule has 1 aliphatic heterocycles. The Balaban J connectivity index is 1.48. The van der Waals surface area contributed by atoms with Crippen molar-refractivity contribution in [1.29, 1.82) is 0 Å². The van der Waals surface area contributed by atoms with E-state index in [1.165, 1.54) is 24.0 Å². The van der Waals surface area contributed by atoms with Crippen LogP contribution in [-0.4, -0.2) is 46.4 Å². The maximum Gasteiger partial charge on any atom is 0.330 e. The van der Waals surface area contributed by atoms with Crippen LogP contribution >= 0.6 is 22.6 Å². The Hall–Kier alpha value is -0.530. The highest BCUT2D eigenvalue weighted by Crippen LogP contribution is 2.71. The fraction of sp³-hybridized carbons (Fsp3) is 0.739.